The maximum Gasteiger partial charge on any atom is 0.329 e. The second-order valence-corrected chi connectivity index (χ2v) is 9.04. The van der Waals surface area contributed by atoms with Crippen LogP contribution in [0.25, 0.3) is 0 Å². The number of carbonyl (C=O) groups is 3. The van der Waals surface area contributed by atoms with E-state index in [4.69, 9.17) is 18.9 Å². The van der Waals surface area contributed by atoms with Crippen molar-refractivity contribution in [3.8, 4) is 23.0 Å². The molecule has 0 fully saturated rings. The van der Waals surface area contributed by atoms with E-state index >= 15 is 0 Å². The summed E-state index contributed by atoms with van der Waals surface area (Å²) in [7, 11) is 3.02. The van der Waals surface area contributed by atoms with Crippen molar-refractivity contribution in [3.05, 3.63) is 82.5 Å². The van der Waals surface area contributed by atoms with E-state index in [-0.39, 0.29) is 12.5 Å². The summed E-state index contributed by atoms with van der Waals surface area (Å²) < 4.78 is 22.2. The third-order valence-electron chi connectivity index (χ3n) is 5.04. The van der Waals surface area contributed by atoms with Gasteiger partial charge in [0.2, 0.25) is 0 Å². The smallest absolute Gasteiger partial charge is 0.329 e. The number of benzene rings is 3. The van der Waals surface area contributed by atoms with Gasteiger partial charge in [-0.25, -0.2) is 5.43 Å². The zero-order chi connectivity index (χ0) is 28.9. The van der Waals surface area contributed by atoms with Gasteiger partial charge in [0.25, 0.3) is 5.91 Å². The lowest BCUT2D eigenvalue weighted by Gasteiger charge is -2.13. The summed E-state index contributed by atoms with van der Waals surface area (Å²) in [5, 5.41) is 9.06. The Hall–Kier alpha value is -4.59. The van der Waals surface area contributed by atoms with Gasteiger partial charge in [-0.3, -0.25) is 14.4 Å². The summed E-state index contributed by atoms with van der Waals surface area (Å²) in [5.74, 6) is -0.188. The molecule has 0 aliphatic carbocycles. The second kappa shape index (κ2) is 15.1. The van der Waals surface area contributed by atoms with Gasteiger partial charge >= 0.3 is 11.8 Å². The van der Waals surface area contributed by atoms with Crippen molar-refractivity contribution in [1.82, 2.24) is 5.43 Å². The highest BCUT2D eigenvalue weighted by atomic mass is 127. The summed E-state index contributed by atoms with van der Waals surface area (Å²) in [6.45, 7) is 3.68. The van der Waals surface area contributed by atoms with Crippen molar-refractivity contribution in [2.75, 3.05) is 38.1 Å². The van der Waals surface area contributed by atoms with Gasteiger partial charge in [0.05, 0.1) is 24.0 Å². The third kappa shape index (κ3) is 9.01. The fourth-order valence-electron chi connectivity index (χ4n) is 3.16. The number of nitrogens with zero attached hydrogens (tertiary/aromatic N) is 1. The molecule has 0 aromatic heterocycles. The molecule has 3 aromatic carbocycles. The molecule has 3 rings (SSSR count). The number of methoxy groups -OCH3 is 2. The standard InChI is InChI=1S/C28H27IN4O7/c1-4-13-39-22-11-7-20(8-12-22)32-27(35)28(36)33-30-16-18-14-23(29)26(24(15-18)38-3)40-17-25(34)31-19-5-9-21(37-2)10-6-19/h4-12,14-16H,1,13,17H2,2-3H3,(H,31,34)(H,32,35)(H,33,36)/b30-16-. The Balaban J connectivity index is 1.53. The zero-order valence-electron chi connectivity index (χ0n) is 21.7. The molecule has 0 spiro atoms. The molecule has 11 nitrogen and oxygen atoms in total. The molecular weight excluding hydrogens is 631 g/mol. The van der Waals surface area contributed by atoms with Crippen molar-refractivity contribution in [2.45, 2.75) is 0 Å². The van der Waals surface area contributed by atoms with Crippen molar-refractivity contribution in [1.29, 1.82) is 0 Å². The molecule has 0 unspecified atom stereocenters. The van der Waals surface area contributed by atoms with Crippen molar-refractivity contribution < 1.29 is 33.3 Å². The summed E-state index contributed by atoms with van der Waals surface area (Å²) in [5.41, 5.74) is 3.76. The van der Waals surface area contributed by atoms with Crippen molar-refractivity contribution in [2.24, 2.45) is 5.10 Å². The molecule has 0 saturated carbocycles. The van der Waals surface area contributed by atoms with E-state index in [0.717, 1.165) is 0 Å². The molecule has 0 saturated heterocycles. The van der Waals surface area contributed by atoms with E-state index in [1.807, 2.05) is 22.6 Å². The molecule has 0 aliphatic rings. The number of hydrogen-bond donors (Lipinski definition) is 3. The van der Waals surface area contributed by atoms with Crippen LogP contribution in [0.4, 0.5) is 11.4 Å². The topological polar surface area (TPSA) is 137 Å². The van der Waals surface area contributed by atoms with Crippen LogP contribution in [0, 0.1) is 3.57 Å². The molecule has 0 bridgehead atoms. The van der Waals surface area contributed by atoms with Gasteiger partial charge in [-0.2, -0.15) is 5.10 Å². The van der Waals surface area contributed by atoms with Crippen LogP contribution in [0.15, 0.2) is 78.4 Å². The lowest BCUT2D eigenvalue weighted by atomic mass is 10.2. The van der Waals surface area contributed by atoms with Gasteiger partial charge in [-0.15, -0.1) is 0 Å². The van der Waals surface area contributed by atoms with Crippen LogP contribution in [0.5, 0.6) is 23.0 Å². The molecule has 3 aromatic rings. The highest BCUT2D eigenvalue weighted by Gasteiger charge is 2.15. The van der Waals surface area contributed by atoms with E-state index in [2.05, 4.69) is 27.7 Å². The molecule has 0 aliphatic heterocycles. The summed E-state index contributed by atoms with van der Waals surface area (Å²) in [6, 6.07) is 16.8. The molecule has 3 amide bonds. The first-order valence-electron chi connectivity index (χ1n) is 11.7. The van der Waals surface area contributed by atoms with Crippen LogP contribution in [-0.2, 0) is 14.4 Å². The van der Waals surface area contributed by atoms with Crippen LogP contribution in [0.2, 0.25) is 0 Å². The van der Waals surface area contributed by atoms with Crippen LogP contribution >= 0.6 is 22.6 Å². The minimum absolute atomic E-state index is 0.248. The number of ether oxygens (including phenoxy) is 4. The summed E-state index contributed by atoms with van der Waals surface area (Å²) in [4.78, 5) is 36.6. The zero-order valence-corrected chi connectivity index (χ0v) is 23.9. The van der Waals surface area contributed by atoms with Crippen LogP contribution in [0.1, 0.15) is 5.56 Å². The van der Waals surface area contributed by atoms with E-state index in [0.29, 0.717) is 50.1 Å². The van der Waals surface area contributed by atoms with E-state index in [1.54, 1.807) is 73.8 Å². The second-order valence-electron chi connectivity index (χ2n) is 7.88. The first-order valence-corrected chi connectivity index (χ1v) is 12.8. The summed E-state index contributed by atoms with van der Waals surface area (Å²) in [6.07, 6.45) is 2.97. The number of anilines is 2. The number of hydrazone groups is 1. The Bertz CT molecular complexity index is 1380. The predicted octanol–water partition coefficient (Wildman–Crippen LogP) is 3.98. The first kappa shape index (κ1) is 30.0. The third-order valence-corrected chi connectivity index (χ3v) is 5.84. The maximum absolute atomic E-state index is 12.3. The fraction of sp³-hybridized carbons (Fsp3) is 0.143. The van der Waals surface area contributed by atoms with Crippen LogP contribution < -0.4 is 35.0 Å². The highest BCUT2D eigenvalue weighted by Crippen LogP contribution is 2.33. The quantitative estimate of drug-likeness (QED) is 0.0881. The van der Waals surface area contributed by atoms with Crippen LogP contribution in [0.3, 0.4) is 0 Å². The van der Waals surface area contributed by atoms with Gasteiger partial charge in [0.15, 0.2) is 18.1 Å². The summed E-state index contributed by atoms with van der Waals surface area (Å²) >= 11 is 2.03. The number of amides is 3. The van der Waals surface area contributed by atoms with E-state index < -0.39 is 11.8 Å². The molecule has 208 valence electrons. The molecule has 0 radical (unpaired) electrons. The average molecular weight is 658 g/mol. The highest BCUT2D eigenvalue weighted by molar-refractivity contribution is 14.1. The lowest BCUT2D eigenvalue weighted by Crippen LogP contribution is -2.32. The number of rotatable bonds is 12. The van der Waals surface area contributed by atoms with Gasteiger partial charge in [0.1, 0.15) is 18.1 Å². The van der Waals surface area contributed by atoms with Gasteiger partial charge in [-0.1, -0.05) is 12.7 Å². The Labute approximate surface area is 244 Å². The Morgan fingerprint density at radius 1 is 0.875 bits per heavy atom. The largest absolute Gasteiger partial charge is 0.497 e. The number of hydrogen-bond acceptors (Lipinski definition) is 8. The Morgan fingerprint density at radius 2 is 1.52 bits per heavy atom. The molecule has 40 heavy (non-hydrogen) atoms. The number of carbonyl (C=O) groups excluding carboxylic acids is 3. The van der Waals surface area contributed by atoms with E-state index in [1.165, 1.54) is 13.3 Å². The van der Waals surface area contributed by atoms with Crippen LogP contribution in [-0.4, -0.2) is 51.4 Å². The molecule has 3 N–H and O–H groups in total. The normalized spacial score (nSPS) is 10.4. The maximum atomic E-state index is 12.3. The SMILES string of the molecule is C=CCOc1ccc(NC(=O)C(=O)N/N=C\c2cc(I)c(OCC(=O)Nc3ccc(OC)cc3)c(OC)c2)cc1. The Kier molecular flexibility index (Phi) is 11.3. The lowest BCUT2D eigenvalue weighted by molar-refractivity contribution is -0.136. The molecular formula is C28H27IN4O7. The molecule has 12 heteroatoms. The minimum atomic E-state index is -0.951. The molecule has 0 atom stereocenters. The van der Waals surface area contributed by atoms with E-state index in [9.17, 15) is 14.4 Å². The van der Waals surface area contributed by atoms with Crippen molar-refractivity contribution >= 4 is 57.9 Å². The van der Waals surface area contributed by atoms with Gasteiger partial charge in [0, 0.05) is 11.4 Å². The fourth-order valence-corrected chi connectivity index (χ4v) is 3.94. The minimum Gasteiger partial charge on any atom is -0.497 e. The number of halogens is 1. The monoisotopic (exact) mass is 658 g/mol. The van der Waals surface area contributed by atoms with Gasteiger partial charge in [-0.05, 0) is 88.8 Å². The molecule has 0 heterocycles. The Morgan fingerprint density at radius 3 is 2.15 bits per heavy atom. The first-order chi connectivity index (χ1) is 19.3. The predicted molar refractivity (Wildman–Crippen MR) is 159 cm³/mol. The van der Waals surface area contributed by atoms with Gasteiger partial charge < -0.3 is 29.6 Å². The average Bonchev–Trinajstić information content (AvgIpc) is 2.96. The van der Waals surface area contributed by atoms with Crippen molar-refractivity contribution in [3.63, 3.8) is 0 Å². The number of nitrogens with one attached hydrogen (secondary N) is 3.